The van der Waals surface area contributed by atoms with Gasteiger partial charge in [-0.2, -0.15) is 0 Å². The minimum absolute atomic E-state index is 0.00948. The van der Waals surface area contributed by atoms with Gasteiger partial charge in [-0.1, -0.05) is 32.9 Å². The lowest BCUT2D eigenvalue weighted by atomic mass is 9.73. The Balaban J connectivity index is 1.79. The van der Waals surface area contributed by atoms with Crippen LogP contribution in [0.5, 0.6) is 0 Å². The van der Waals surface area contributed by atoms with Crippen molar-refractivity contribution in [1.82, 2.24) is 5.32 Å². The molecule has 0 radical (unpaired) electrons. The lowest BCUT2D eigenvalue weighted by molar-refractivity contribution is -0.372. The molecule has 3 aliphatic rings. The number of ether oxygens (including phenoxy) is 5. The van der Waals surface area contributed by atoms with Crippen LogP contribution in [0.1, 0.15) is 34.1 Å². The molecular weight excluding hydrogens is 432 g/mol. The molecule has 3 aliphatic heterocycles. The zero-order chi connectivity index (χ0) is 24.1. The topological polar surface area (TPSA) is 116 Å². The third kappa shape index (κ3) is 3.97. The molecule has 3 fully saturated rings. The summed E-state index contributed by atoms with van der Waals surface area (Å²) in [4.78, 5) is 12.9. The molecule has 0 aromatic rings. The van der Waals surface area contributed by atoms with Gasteiger partial charge in [0, 0.05) is 19.4 Å². The summed E-state index contributed by atoms with van der Waals surface area (Å²) >= 11 is 0. The zero-order valence-corrected chi connectivity index (χ0v) is 19.0. The summed E-state index contributed by atoms with van der Waals surface area (Å²) in [6, 6.07) is 0. The molecule has 0 aromatic heterocycles. The molecule has 32 heavy (non-hydrogen) atoms. The average Bonchev–Trinajstić information content (AvgIpc) is 2.74. The zero-order valence-electron chi connectivity index (χ0n) is 19.0. The van der Waals surface area contributed by atoms with E-state index in [1.165, 1.54) is 21.0 Å². The van der Waals surface area contributed by atoms with E-state index in [2.05, 4.69) is 11.9 Å². The van der Waals surface area contributed by atoms with Crippen molar-refractivity contribution >= 4 is 5.91 Å². The third-order valence-electron chi connectivity index (χ3n) is 7.10. The van der Waals surface area contributed by atoms with E-state index in [-0.39, 0.29) is 18.4 Å². The molecular formula is C21H33F2NO8. The van der Waals surface area contributed by atoms with Gasteiger partial charge in [0.05, 0.1) is 24.2 Å². The molecule has 0 unspecified atom stereocenters. The maximum Gasteiger partial charge on any atom is 0.284 e. The van der Waals surface area contributed by atoms with Crippen LogP contribution in [-0.2, 0) is 28.5 Å². The highest BCUT2D eigenvalue weighted by Gasteiger charge is 2.66. The minimum Gasteiger partial charge on any atom is -0.394 e. The maximum absolute atomic E-state index is 15.2. The number of halogens is 2. The van der Waals surface area contributed by atoms with Gasteiger partial charge in [-0.15, -0.1) is 0 Å². The molecule has 0 saturated carbocycles. The first kappa shape index (κ1) is 25.4. The van der Waals surface area contributed by atoms with Crippen LogP contribution >= 0.6 is 0 Å². The number of hydrogen-bond donors (Lipinski definition) is 3. The van der Waals surface area contributed by atoms with Crippen molar-refractivity contribution in [2.45, 2.75) is 82.6 Å². The molecule has 3 rings (SSSR count). The highest BCUT2D eigenvalue weighted by atomic mass is 19.3. The van der Waals surface area contributed by atoms with Gasteiger partial charge < -0.3 is 39.2 Å². The number of carbonyl (C=O) groups excluding carboxylic acids is 1. The van der Waals surface area contributed by atoms with Crippen molar-refractivity contribution in [3.05, 3.63) is 12.2 Å². The smallest absolute Gasteiger partial charge is 0.284 e. The second-order valence-electron chi connectivity index (χ2n) is 9.28. The van der Waals surface area contributed by atoms with Crippen LogP contribution in [0.2, 0.25) is 0 Å². The SMILES string of the molecule is C=C1C[C@](OC)([C@H](O)C(=O)N[C@H]2OCO[C@H]3[C@@H]2O[C@H](CO)C(C)(C)C3(F)F)O[C@H](C)[C@@H]1C. The van der Waals surface area contributed by atoms with E-state index in [0.717, 1.165) is 5.57 Å². The molecule has 184 valence electrons. The van der Waals surface area contributed by atoms with Gasteiger partial charge in [0.1, 0.15) is 12.9 Å². The van der Waals surface area contributed by atoms with Crippen LogP contribution in [0.4, 0.5) is 8.78 Å². The quantitative estimate of drug-likeness (QED) is 0.514. The fourth-order valence-corrected chi connectivity index (χ4v) is 4.40. The molecule has 0 aromatic carbocycles. The molecule has 3 N–H and O–H groups in total. The van der Waals surface area contributed by atoms with Crippen LogP contribution in [0.25, 0.3) is 0 Å². The molecule has 11 heteroatoms. The van der Waals surface area contributed by atoms with Gasteiger partial charge in [0.15, 0.2) is 18.4 Å². The Morgan fingerprint density at radius 1 is 1.34 bits per heavy atom. The van der Waals surface area contributed by atoms with Crippen LogP contribution in [0.3, 0.4) is 0 Å². The Labute approximate surface area is 186 Å². The first-order valence-electron chi connectivity index (χ1n) is 10.6. The lowest BCUT2D eigenvalue weighted by Gasteiger charge is -2.54. The maximum atomic E-state index is 15.2. The largest absolute Gasteiger partial charge is 0.394 e. The Morgan fingerprint density at radius 2 is 2.00 bits per heavy atom. The molecule has 1 amide bonds. The highest BCUT2D eigenvalue weighted by molar-refractivity contribution is 5.82. The summed E-state index contributed by atoms with van der Waals surface area (Å²) in [5.74, 6) is -6.04. The number of nitrogens with one attached hydrogen (secondary N) is 1. The summed E-state index contributed by atoms with van der Waals surface area (Å²) in [5, 5.41) is 22.8. The fraction of sp³-hybridized carbons (Fsp3) is 0.857. The molecule has 0 spiro atoms. The van der Waals surface area contributed by atoms with Crippen LogP contribution in [0, 0.1) is 11.3 Å². The molecule has 3 heterocycles. The Hall–Kier alpha value is -1.21. The van der Waals surface area contributed by atoms with Crippen molar-refractivity contribution in [2.75, 3.05) is 20.5 Å². The summed E-state index contributed by atoms with van der Waals surface area (Å²) in [6.07, 6.45) is -7.85. The first-order chi connectivity index (χ1) is 14.8. The summed E-state index contributed by atoms with van der Waals surface area (Å²) in [7, 11) is 1.30. The van der Waals surface area contributed by atoms with E-state index in [0.29, 0.717) is 0 Å². The van der Waals surface area contributed by atoms with Gasteiger partial charge in [-0.05, 0) is 6.92 Å². The molecule has 3 saturated heterocycles. The van der Waals surface area contributed by atoms with Crippen LogP contribution < -0.4 is 5.32 Å². The molecule has 0 bridgehead atoms. The molecule has 0 aliphatic carbocycles. The third-order valence-corrected chi connectivity index (χ3v) is 7.10. The predicted octanol–water partition coefficient (Wildman–Crippen LogP) is 0.928. The second-order valence-corrected chi connectivity index (χ2v) is 9.28. The number of rotatable bonds is 5. The predicted molar refractivity (Wildman–Crippen MR) is 106 cm³/mol. The average molecular weight is 465 g/mol. The van der Waals surface area contributed by atoms with Crippen molar-refractivity contribution in [3.8, 4) is 0 Å². The molecule has 8 atom stereocenters. The van der Waals surface area contributed by atoms with Gasteiger partial charge >= 0.3 is 0 Å². The van der Waals surface area contributed by atoms with Crippen molar-refractivity contribution in [1.29, 1.82) is 0 Å². The number of carbonyl (C=O) groups is 1. The number of alkyl halides is 2. The monoisotopic (exact) mass is 465 g/mol. The summed E-state index contributed by atoms with van der Waals surface area (Å²) in [6.45, 7) is 9.04. The normalized spacial score (nSPS) is 42.1. The van der Waals surface area contributed by atoms with E-state index < -0.39 is 67.1 Å². The van der Waals surface area contributed by atoms with E-state index in [9.17, 15) is 15.0 Å². The van der Waals surface area contributed by atoms with Gasteiger partial charge in [0.25, 0.3) is 11.8 Å². The summed E-state index contributed by atoms with van der Waals surface area (Å²) < 4.78 is 57.7. The Morgan fingerprint density at radius 3 is 2.56 bits per heavy atom. The van der Waals surface area contributed by atoms with Crippen molar-refractivity contribution in [3.63, 3.8) is 0 Å². The number of fused-ring (bicyclic) bond motifs is 1. The number of aliphatic hydroxyl groups excluding tert-OH is 2. The minimum atomic E-state index is -3.39. The Kier molecular flexibility index (Phi) is 7.04. The fourth-order valence-electron chi connectivity index (χ4n) is 4.40. The number of methoxy groups -OCH3 is 1. The van der Waals surface area contributed by atoms with E-state index in [1.807, 2.05) is 6.92 Å². The van der Waals surface area contributed by atoms with Gasteiger partial charge in [-0.25, -0.2) is 8.78 Å². The highest BCUT2D eigenvalue weighted by Crippen LogP contribution is 2.50. The van der Waals surface area contributed by atoms with Gasteiger partial charge in [0.2, 0.25) is 5.79 Å². The van der Waals surface area contributed by atoms with Gasteiger partial charge in [-0.3, -0.25) is 4.79 Å². The van der Waals surface area contributed by atoms with Crippen molar-refractivity contribution < 1.29 is 47.5 Å². The van der Waals surface area contributed by atoms with Crippen LogP contribution in [-0.4, -0.2) is 85.1 Å². The lowest BCUT2D eigenvalue weighted by Crippen LogP contribution is -2.72. The first-order valence-corrected chi connectivity index (χ1v) is 10.6. The number of amides is 1. The van der Waals surface area contributed by atoms with Crippen molar-refractivity contribution in [2.24, 2.45) is 11.3 Å². The standard InChI is InChI=1S/C21H33F2NO8/c1-10-7-20(28-6,32-12(3)11(10)2)15(26)17(27)24-18-14-16(29-9-30-18)21(22,23)19(4,5)13(8-25)31-14/h11-16,18,25-26H,1,7-9H2,2-6H3,(H,24,27)/t11-,12-,13-,14+,15-,16+,18+,20-/m1/s1. The molecule has 9 nitrogen and oxygen atoms in total. The van der Waals surface area contributed by atoms with E-state index >= 15 is 8.78 Å². The Bertz CT molecular complexity index is 735. The number of hydrogen-bond acceptors (Lipinski definition) is 8. The van der Waals surface area contributed by atoms with E-state index in [4.69, 9.17) is 23.7 Å². The number of aliphatic hydroxyl groups is 2. The summed E-state index contributed by atoms with van der Waals surface area (Å²) in [5.41, 5.74) is -0.986. The van der Waals surface area contributed by atoms with Crippen LogP contribution in [0.15, 0.2) is 12.2 Å². The van der Waals surface area contributed by atoms with E-state index in [1.54, 1.807) is 6.92 Å². The second kappa shape index (κ2) is 8.86.